The molecule has 0 aromatic rings. The number of carbonyl (C=O) groups is 1. The fraction of sp³-hybridized carbons (Fsp3) is 0.857. The summed E-state index contributed by atoms with van der Waals surface area (Å²) < 4.78 is 24.4. The Kier molecular flexibility index (Phi) is 4.94. The van der Waals surface area contributed by atoms with Crippen molar-refractivity contribution >= 4 is 16.0 Å². The Hall–Kier alpha value is -0.620. The molecule has 0 saturated carbocycles. The standard InChI is InChI=1S/C7H15NO4S/c1-3-5-13(11,12)8-6(4-2)7(9)10/h6,8H,3-5H2,1-2H3,(H,9,10). The van der Waals surface area contributed by atoms with Gasteiger partial charge in [-0.3, -0.25) is 4.79 Å². The van der Waals surface area contributed by atoms with Crippen molar-refractivity contribution in [3.63, 3.8) is 0 Å². The maximum atomic E-state index is 11.1. The van der Waals surface area contributed by atoms with E-state index in [0.717, 1.165) is 0 Å². The summed E-state index contributed by atoms with van der Waals surface area (Å²) in [4.78, 5) is 10.5. The van der Waals surface area contributed by atoms with Crippen LogP contribution in [0.4, 0.5) is 0 Å². The molecule has 0 amide bonds. The molecule has 0 radical (unpaired) electrons. The molecule has 1 unspecified atom stereocenters. The van der Waals surface area contributed by atoms with Gasteiger partial charge in [0.15, 0.2) is 0 Å². The number of hydrogen-bond donors (Lipinski definition) is 2. The van der Waals surface area contributed by atoms with Gasteiger partial charge in [-0.2, -0.15) is 0 Å². The van der Waals surface area contributed by atoms with Crippen molar-refractivity contribution in [2.24, 2.45) is 0 Å². The topological polar surface area (TPSA) is 83.5 Å². The number of carboxylic acid groups (broad SMARTS) is 1. The number of aliphatic carboxylic acids is 1. The molecule has 0 aliphatic rings. The minimum atomic E-state index is -3.42. The van der Waals surface area contributed by atoms with Crippen LogP contribution in [0.2, 0.25) is 0 Å². The van der Waals surface area contributed by atoms with Gasteiger partial charge in [-0.25, -0.2) is 13.1 Å². The molecule has 0 bridgehead atoms. The molecule has 13 heavy (non-hydrogen) atoms. The average Bonchev–Trinajstić information content (AvgIpc) is 1.99. The summed E-state index contributed by atoms with van der Waals surface area (Å²) in [7, 11) is -3.42. The zero-order valence-corrected chi connectivity index (χ0v) is 8.60. The first-order chi connectivity index (χ1) is 5.93. The second-order valence-electron chi connectivity index (χ2n) is 2.74. The minimum absolute atomic E-state index is 0.0310. The second-order valence-corrected chi connectivity index (χ2v) is 4.61. The maximum absolute atomic E-state index is 11.1. The molecule has 0 rings (SSSR count). The Bertz CT molecular complexity index is 260. The lowest BCUT2D eigenvalue weighted by molar-refractivity contribution is -0.139. The summed E-state index contributed by atoms with van der Waals surface area (Å²) in [5.41, 5.74) is 0. The molecule has 0 aromatic heterocycles. The highest BCUT2D eigenvalue weighted by molar-refractivity contribution is 7.89. The van der Waals surface area contributed by atoms with E-state index in [9.17, 15) is 13.2 Å². The van der Waals surface area contributed by atoms with Gasteiger partial charge in [0.25, 0.3) is 0 Å². The van der Waals surface area contributed by atoms with E-state index < -0.39 is 22.0 Å². The van der Waals surface area contributed by atoms with Gasteiger partial charge in [0.1, 0.15) is 6.04 Å². The van der Waals surface area contributed by atoms with Gasteiger partial charge in [-0.05, 0) is 12.8 Å². The highest BCUT2D eigenvalue weighted by atomic mass is 32.2. The second kappa shape index (κ2) is 5.18. The monoisotopic (exact) mass is 209 g/mol. The number of hydrogen-bond acceptors (Lipinski definition) is 3. The van der Waals surface area contributed by atoms with Crippen molar-refractivity contribution in [2.75, 3.05) is 5.75 Å². The highest BCUT2D eigenvalue weighted by Gasteiger charge is 2.20. The smallest absolute Gasteiger partial charge is 0.321 e. The fourth-order valence-electron chi connectivity index (χ4n) is 0.853. The molecule has 2 N–H and O–H groups in total. The Labute approximate surface area is 78.2 Å². The molecule has 0 heterocycles. The highest BCUT2D eigenvalue weighted by Crippen LogP contribution is 1.96. The van der Waals surface area contributed by atoms with Gasteiger partial charge < -0.3 is 5.11 Å². The van der Waals surface area contributed by atoms with Gasteiger partial charge in [0.2, 0.25) is 10.0 Å². The molecule has 78 valence electrons. The molecule has 1 atom stereocenters. The maximum Gasteiger partial charge on any atom is 0.321 e. The van der Waals surface area contributed by atoms with E-state index in [1.165, 1.54) is 0 Å². The molecular formula is C7H15NO4S. The first-order valence-corrected chi connectivity index (χ1v) is 5.81. The molecule has 0 aliphatic carbocycles. The van der Waals surface area contributed by atoms with Crippen LogP contribution >= 0.6 is 0 Å². The summed E-state index contributed by atoms with van der Waals surface area (Å²) >= 11 is 0. The van der Waals surface area contributed by atoms with Crippen LogP contribution in [-0.2, 0) is 14.8 Å². The van der Waals surface area contributed by atoms with Crippen LogP contribution in [0.1, 0.15) is 26.7 Å². The average molecular weight is 209 g/mol. The van der Waals surface area contributed by atoms with E-state index in [-0.39, 0.29) is 12.2 Å². The van der Waals surface area contributed by atoms with Crippen LogP contribution in [0, 0.1) is 0 Å². The summed E-state index contributed by atoms with van der Waals surface area (Å²) in [6.45, 7) is 3.34. The summed E-state index contributed by atoms with van der Waals surface area (Å²) in [6, 6.07) is -1.00. The molecule has 0 aliphatic heterocycles. The molecular weight excluding hydrogens is 194 g/mol. The lowest BCUT2D eigenvalue weighted by Gasteiger charge is -2.11. The van der Waals surface area contributed by atoms with Crippen LogP contribution in [0.25, 0.3) is 0 Å². The predicted molar refractivity (Wildman–Crippen MR) is 48.9 cm³/mol. The lowest BCUT2D eigenvalue weighted by atomic mass is 10.2. The first-order valence-electron chi connectivity index (χ1n) is 4.15. The van der Waals surface area contributed by atoms with Crippen LogP contribution in [0.15, 0.2) is 0 Å². The Balaban J connectivity index is 4.31. The number of nitrogens with one attached hydrogen (secondary N) is 1. The largest absolute Gasteiger partial charge is 0.480 e. The number of rotatable bonds is 6. The van der Waals surface area contributed by atoms with Crippen molar-refractivity contribution in [3.05, 3.63) is 0 Å². The van der Waals surface area contributed by atoms with Crippen molar-refractivity contribution in [1.29, 1.82) is 0 Å². The summed E-state index contributed by atoms with van der Waals surface area (Å²) in [6.07, 6.45) is 0.726. The molecule has 5 nitrogen and oxygen atoms in total. The van der Waals surface area contributed by atoms with E-state index in [0.29, 0.717) is 6.42 Å². The van der Waals surface area contributed by atoms with Gasteiger partial charge in [0.05, 0.1) is 5.75 Å². The van der Waals surface area contributed by atoms with Crippen LogP contribution in [0.5, 0.6) is 0 Å². The Morgan fingerprint density at radius 2 is 2.00 bits per heavy atom. The summed E-state index contributed by atoms with van der Waals surface area (Å²) in [5.74, 6) is -1.17. The van der Waals surface area contributed by atoms with E-state index in [4.69, 9.17) is 5.11 Å². The quantitative estimate of drug-likeness (QED) is 0.653. The van der Waals surface area contributed by atoms with Crippen LogP contribution in [-0.4, -0.2) is 31.3 Å². The zero-order chi connectivity index (χ0) is 10.5. The molecule has 0 spiro atoms. The molecule has 0 saturated heterocycles. The van der Waals surface area contributed by atoms with Crippen LogP contribution in [0.3, 0.4) is 0 Å². The third-order valence-corrected chi connectivity index (χ3v) is 3.09. The van der Waals surface area contributed by atoms with E-state index >= 15 is 0 Å². The lowest BCUT2D eigenvalue weighted by Crippen LogP contribution is -2.41. The molecule has 0 aromatic carbocycles. The molecule has 0 fully saturated rings. The van der Waals surface area contributed by atoms with Crippen molar-refractivity contribution in [1.82, 2.24) is 4.72 Å². The van der Waals surface area contributed by atoms with Crippen molar-refractivity contribution in [2.45, 2.75) is 32.7 Å². The van der Waals surface area contributed by atoms with Crippen molar-refractivity contribution in [3.8, 4) is 0 Å². The van der Waals surface area contributed by atoms with Crippen LogP contribution < -0.4 is 4.72 Å². The van der Waals surface area contributed by atoms with Crippen molar-refractivity contribution < 1.29 is 18.3 Å². The van der Waals surface area contributed by atoms with Gasteiger partial charge >= 0.3 is 5.97 Å². The van der Waals surface area contributed by atoms with E-state index in [1.807, 2.05) is 0 Å². The van der Waals surface area contributed by atoms with E-state index in [2.05, 4.69) is 4.72 Å². The Morgan fingerprint density at radius 1 is 1.46 bits per heavy atom. The zero-order valence-electron chi connectivity index (χ0n) is 7.78. The normalized spacial score (nSPS) is 14.0. The number of sulfonamides is 1. The molecule has 6 heteroatoms. The summed E-state index contributed by atoms with van der Waals surface area (Å²) in [5, 5.41) is 8.58. The number of carboxylic acids is 1. The SMILES string of the molecule is CCCS(=O)(=O)NC(CC)C(=O)O. The van der Waals surface area contributed by atoms with Gasteiger partial charge in [0, 0.05) is 0 Å². The van der Waals surface area contributed by atoms with Gasteiger partial charge in [-0.1, -0.05) is 13.8 Å². The third-order valence-electron chi connectivity index (χ3n) is 1.50. The predicted octanol–water partition coefficient (Wildman–Crippen LogP) is 0.179. The fourth-order valence-corrected chi connectivity index (χ4v) is 2.21. The Morgan fingerprint density at radius 3 is 2.31 bits per heavy atom. The first kappa shape index (κ1) is 12.4. The third kappa shape index (κ3) is 4.84. The van der Waals surface area contributed by atoms with E-state index in [1.54, 1.807) is 13.8 Å². The minimum Gasteiger partial charge on any atom is -0.480 e. The van der Waals surface area contributed by atoms with Gasteiger partial charge in [-0.15, -0.1) is 0 Å².